The summed E-state index contributed by atoms with van der Waals surface area (Å²) in [6, 6.07) is 7.75. The van der Waals surface area contributed by atoms with Crippen LogP contribution in [0.15, 0.2) is 47.7 Å². The molecule has 0 atom stereocenters. The molecule has 0 radical (unpaired) electrons. The van der Waals surface area contributed by atoms with E-state index in [1.165, 1.54) is 25.7 Å². The van der Waals surface area contributed by atoms with Crippen LogP contribution in [0, 0.1) is 12.8 Å². The minimum atomic E-state index is -0.0894. The maximum Gasteiger partial charge on any atom is 0.260 e. The van der Waals surface area contributed by atoms with Crippen molar-refractivity contribution in [2.75, 3.05) is 11.9 Å². The molecule has 3 aromatic heterocycles. The Morgan fingerprint density at radius 1 is 1.00 bits per heavy atom. The maximum absolute atomic E-state index is 14.2. The standard InChI is InChI=1S/C30H34ClN7O/c1-18-14-33-17-27(36-18)20-6-11-24(26(31)13-20)25-12-21-16-35-30(34-15-19-4-2-3-5-19)37-28(21)38(29(25)39)23-9-7-22(32)8-10-23/h6,11-14,16-17,19,22-23H,2-5,7-10,15,32H2,1H3,(H,34,35,37)/t22-,23-. The summed E-state index contributed by atoms with van der Waals surface area (Å²) in [4.78, 5) is 32.4. The van der Waals surface area contributed by atoms with Crippen molar-refractivity contribution in [2.45, 2.75) is 70.4 Å². The van der Waals surface area contributed by atoms with E-state index in [1.807, 2.05) is 42.0 Å². The number of hydrogen-bond acceptors (Lipinski definition) is 7. The normalized spacial score (nSPS) is 20.0. The van der Waals surface area contributed by atoms with Gasteiger partial charge in [-0.3, -0.25) is 14.3 Å². The lowest BCUT2D eigenvalue weighted by Gasteiger charge is -2.29. The van der Waals surface area contributed by atoms with Crippen LogP contribution in [0.2, 0.25) is 5.02 Å². The highest BCUT2D eigenvalue weighted by molar-refractivity contribution is 6.33. The number of benzene rings is 1. The van der Waals surface area contributed by atoms with Crippen molar-refractivity contribution < 1.29 is 0 Å². The van der Waals surface area contributed by atoms with Crippen LogP contribution in [-0.2, 0) is 0 Å². The minimum absolute atomic E-state index is 0.0259. The van der Waals surface area contributed by atoms with E-state index in [2.05, 4.69) is 20.3 Å². The van der Waals surface area contributed by atoms with Gasteiger partial charge in [0.1, 0.15) is 5.65 Å². The second-order valence-electron chi connectivity index (χ2n) is 11.0. The molecule has 39 heavy (non-hydrogen) atoms. The van der Waals surface area contributed by atoms with Gasteiger partial charge in [-0.2, -0.15) is 4.98 Å². The third kappa shape index (κ3) is 5.40. The van der Waals surface area contributed by atoms with Gasteiger partial charge in [-0.25, -0.2) is 9.97 Å². The molecule has 0 bridgehead atoms. The monoisotopic (exact) mass is 543 g/mol. The van der Waals surface area contributed by atoms with Crippen LogP contribution in [0.25, 0.3) is 33.4 Å². The number of nitrogens with two attached hydrogens (primary N) is 1. The molecule has 2 aliphatic carbocycles. The molecular weight excluding hydrogens is 510 g/mol. The summed E-state index contributed by atoms with van der Waals surface area (Å²) < 4.78 is 1.87. The number of anilines is 1. The van der Waals surface area contributed by atoms with Gasteiger partial charge in [0.15, 0.2) is 0 Å². The number of pyridine rings is 1. The Kier molecular flexibility index (Phi) is 7.32. The lowest BCUT2D eigenvalue weighted by atomic mass is 9.91. The summed E-state index contributed by atoms with van der Waals surface area (Å²) in [7, 11) is 0. The van der Waals surface area contributed by atoms with Crippen molar-refractivity contribution in [3.63, 3.8) is 0 Å². The molecule has 9 heteroatoms. The summed E-state index contributed by atoms with van der Waals surface area (Å²) in [6.07, 6.45) is 13.8. The van der Waals surface area contributed by atoms with Crippen LogP contribution in [0.5, 0.6) is 0 Å². The van der Waals surface area contributed by atoms with Crippen molar-refractivity contribution in [1.29, 1.82) is 0 Å². The minimum Gasteiger partial charge on any atom is -0.354 e. The molecule has 0 amide bonds. The second kappa shape index (κ2) is 11.0. The fourth-order valence-corrected chi connectivity index (χ4v) is 6.32. The molecule has 2 aliphatic rings. The van der Waals surface area contributed by atoms with Crippen LogP contribution in [0.3, 0.4) is 0 Å². The SMILES string of the molecule is Cc1cncc(-c2ccc(-c3cc4cnc(NCC5CCCC5)nc4n([C@H]4CC[C@H](N)CC4)c3=O)c(Cl)c2)n1. The third-order valence-corrected chi connectivity index (χ3v) is 8.53. The molecule has 3 N–H and O–H groups in total. The lowest BCUT2D eigenvalue weighted by Crippen LogP contribution is -2.33. The largest absolute Gasteiger partial charge is 0.354 e. The van der Waals surface area contributed by atoms with Gasteiger partial charge >= 0.3 is 0 Å². The van der Waals surface area contributed by atoms with Crippen LogP contribution in [-0.4, -0.2) is 37.1 Å². The van der Waals surface area contributed by atoms with Gasteiger partial charge in [0.2, 0.25) is 5.95 Å². The fourth-order valence-electron chi connectivity index (χ4n) is 6.04. The van der Waals surface area contributed by atoms with E-state index in [4.69, 9.17) is 22.3 Å². The number of fused-ring (bicyclic) bond motifs is 1. The highest BCUT2D eigenvalue weighted by Gasteiger charge is 2.25. The summed E-state index contributed by atoms with van der Waals surface area (Å²) in [6.45, 7) is 2.76. The van der Waals surface area contributed by atoms with Gasteiger partial charge in [-0.1, -0.05) is 36.6 Å². The fraction of sp³-hybridized carbons (Fsp3) is 0.433. The average molecular weight is 544 g/mol. The van der Waals surface area contributed by atoms with E-state index >= 15 is 0 Å². The first kappa shape index (κ1) is 25.9. The Bertz CT molecular complexity index is 1560. The summed E-state index contributed by atoms with van der Waals surface area (Å²) in [5.74, 6) is 1.23. The predicted octanol–water partition coefficient (Wildman–Crippen LogP) is 5.92. The number of nitrogens with zero attached hydrogens (tertiary/aromatic N) is 5. The van der Waals surface area contributed by atoms with E-state index in [0.717, 1.165) is 54.6 Å². The highest BCUT2D eigenvalue weighted by atomic mass is 35.5. The second-order valence-corrected chi connectivity index (χ2v) is 11.5. The zero-order valence-corrected chi connectivity index (χ0v) is 23.0. The van der Waals surface area contributed by atoms with Gasteiger partial charge in [0.05, 0.1) is 17.6 Å². The van der Waals surface area contributed by atoms with Crippen molar-refractivity contribution in [2.24, 2.45) is 11.7 Å². The predicted molar refractivity (Wildman–Crippen MR) is 156 cm³/mol. The van der Waals surface area contributed by atoms with Crippen LogP contribution in [0.1, 0.15) is 63.1 Å². The van der Waals surface area contributed by atoms with Crippen LogP contribution >= 0.6 is 11.6 Å². The number of aryl methyl sites for hydroxylation is 1. The number of hydrogen-bond donors (Lipinski definition) is 2. The van der Waals surface area contributed by atoms with E-state index in [-0.39, 0.29) is 17.6 Å². The number of nitrogens with one attached hydrogen (secondary N) is 1. The van der Waals surface area contributed by atoms with Crippen molar-refractivity contribution in [1.82, 2.24) is 24.5 Å². The molecule has 6 rings (SSSR count). The number of halogens is 1. The molecule has 4 aromatic rings. The molecule has 0 saturated heterocycles. The van der Waals surface area contributed by atoms with Gasteiger partial charge in [-0.15, -0.1) is 0 Å². The third-order valence-electron chi connectivity index (χ3n) is 8.21. The molecular formula is C30H34ClN7O. The molecule has 8 nitrogen and oxygen atoms in total. The first-order valence-corrected chi connectivity index (χ1v) is 14.3. The van der Waals surface area contributed by atoms with E-state index in [9.17, 15) is 4.79 Å². The van der Waals surface area contributed by atoms with E-state index in [0.29, 0.717) is 33.7 Å². The quantitative estimate of drug-likeness (QED) is 0.310. The molecule has 0 aliphatic heterocycles. The molecule has 1 aromatic carbocycles. The van der Waals surface area contributed by atoms with Gasteiger partial charge < -0.3 is 11.1 Å². The number of rotatable bonds is 6. The highest BCUT2D eigenvalue weighted by Crippen LogP contribution is 2.34. The van der Waals surface area contributed by atoms with Crippen LogP contribution in [0.4, 0.5) is 5.95 Å². The van der Waals surface area contributed by atoms with Crippen molar-refractivity contribution in [3.05, 3.63) is 63.9 Å². The Balaban J connectivity index is 1.42. The van der Waals surface area contributed by atoms with Gasteiger partial charge in [0, 0.05) is 58.1 Å². The van der Waals surface area contributed by atoms with E-state index in [1.54, 1.807) is 12.4 Å². The molecule has 3 heterocycles. The molecule has 2 fully saturated rings. The summed E-state index contributed by atoms with van der Waals surface area (Å²) in [5, 5.41) is 4.73. The summed E-state index contributed by atoms with van der Waals surface area (Å²) >= 11 is 6.81. The van der Waals surface area contributed by atoms with E-state index < -0.39 is 0 Å². The Morgan fingerprint density at radius 2 is 1.79 bits per heavy atom. The first-order valence-electron chi connectivity index (χ1n) is 14.0. The van der Waals surface area contributed by atoms with Crippen molar-refractivity contribution >= 4 is 28.6 Å². The van der Waals surface area contributed by atoms with Crippen LogP contribution < -0.4 is 16.6 Å². The molecule has 0 spiro atoms. The Morgan fingerprint density at radius 3 is 2.54 bits per heavy atom. The summed E-state index contributed by atoms with van der Waals surface area (Å²) in [5.41, 5.74) is 10.4. The zero-order chi connectivity index (χ0) is 26.9. The Labute approximate surface area is 233 Å². The van der Waals surface area contributed by atoms with Gasteiger partial charge in [0.25, 0.3) is 5.56 Å². The first-order chi connectivity index (χ1) is 19.0. The number of aromatic nitrogens is 5. The average Bonchev–Trinajstić information content (AvgIpc) is 3.46. The molecule has 2 saturated carbocycles. The molecule has 202 valence electrons. The lowest BCUT2D eigenvalue weighted by molar-refractivity contribution is 0.323. The topological polar surface area (TPSA) is 112 Å². The Hall–Kier alpha value is -3.36. The maximum atomic E-state index is 14.2. The zero-order valence-electron chi connectivity index (χ0n) is 22.2. The molecule has 0 unspecified atom stereocenters. The smallest absolute Gasteiger partial charge is 0.260 e. The van der Waals surface area contributed by atoms with Gasteiger partial charge in [-0.05, 0) is 63.5 Å². The van der Waals surface area contributed by atoms with Crippen molar-refractivity contribution in [3.8, 4) is 22.4 Å².